The van der Waals surface area contributed by atoms with Crippen LogP contribution < -0.4 is 0 Å². The maximum Gasteiger partial charge on any atom is 0.338 e. The van der Waals surface area contributed by atoms with Gasteiger partial charge in [-0.2, -0.15) is 0 Å². The lowest BCUT2D eigenvalue weighted by atomic mass is 10.2. The SMILES string of the molecule is O=C(O)c1cc(SCc2ccncc2Cl)ccc1F. The highest BCUT2D eigenvalue weighted by molar-refractivity contribution is 7.98. The van der Waals surface area contributed by atoms with E-state index in [1.807, 2.05) is 0 Å². The number of benzene rings is 1. The number of aromatic nitrogens is 1. The second-order valence-corrected chi connectivity index (χ2v) is 5.16. The third-order valence-electron chi connectivity index (χ3n) is 2.42. The average molecular weight is 298 g/mol. The summed E-state index contributed by atoms with van der Waals surface area (Å²) < 4.78 is 13.2. The Hall–Kier alpha value is -1.59. The number of hydrogen-bond donors (Lipinski definition) is 1. The molecule has 0 aliphatic carbocycles. The van der Waals surface area contributed by atoms with Crippen molar-refractivity contribution in [3.8, 4) is 0 Å². The highest BCUT2D eigenvalue weighted by Gasteiger charge is 2.11. The van der Waals surface area contributed by atoms with E-state index >= 15 is 0 Å². The molecule has 0 radical (unpaired) electrons. The van der Waals surface area contributed by atoms with Gasteiger partial charge in [0.1, 0.15) is 5.82 Å². The summed E-state index contributed by atoms with van der Waals surface area (Å²) in [6.07, 6.45) is 3.18. The molecule has 0 atom stereocenters. The molecule has 0 bridgehead atoms. The fraction of sp³-hybridized carbons (Fsp3) is 0.0769. The molecule has 3 nitrogen and oxygen atoms in total. The van der Waals surface area contributed by atoms with Crippen molar-refractivity contribution >= 4 is 29.3 Å². The van der Waals surface area contributed by atoms with Crippen LogP contribution in [0.25, 0.3) is 0 Å². The molecule has 0 unspecified atom stereocenters. The minimum absolute atomic E-state index is 0.328. The first kappa shape index (κ1) is 13.8. The quantitative estimate of drug-likeness (QED) is 0.871. The zero-order valence-corrected chi connectivity index (χ0v) is 11.2. The first-order valence-corrected chi connectivity index (χ1v) is 6.68. The lowest BCUT2D eigenvalue weighted by molar-refractivity contribution is 0.0691. The van der Waals surface area contributed by atoms with Crippen LogP contribution in [-0.2, 0) is 5.75 Å². The predicted molar refractivity (Wildman–Crippen MR) is 72.2 cm³/mol. The van der Waals surface area contributed by atoms with Crippen molar-refractivity contribution < 1.29 is 14.3 Å². The van der Waals surface area contributed by atoms with Crippen LogP contribution in [0.15, 0.2) is 41.6 Å². The molecule has 0 amide bonds. The topological polar surface area (TPSA) is 50.2 Å². The molecule has 1 N–H and O–H groups in total. The van der Waals surface area contributed by atoms with Gasteiger partial charge in [-0.3, -0.25) is 4.98 Å². The summed E-state index contributed by atoms with van der Waals surface area (Å²) in [5.74, 6) is -1.45. The fourth-order valence-electron chi connectivity index (χ4n) is 1.44. The van der Waals surface area contributed by atoms with Gasteiger partial charge in [-0.15, -0.1) is 11.8 Å². The molecule has 98 valence electrons. The van der Waals surface area contributed by atoms with Crippen LogP contribution >= 0.6 is 23.4 Å². The first-order valence-electron chi connectivity index (χ1n) is 5.32. The molecule has 0 aliphatic rings. The van der Waals surface area contributed by atoms with Crippen molar-refractivity contribution in [2.75, 3.05) is 0 Å². The zero-order valence-electron chi connectivity index (χ0n) is 9.64. The number of rotatable bonds is 4. The minimum atomic E-state index is -1.28. The van der Waals surface area contributed by atoms with Gasteiger partial charge in [0.15, 0.2) is 0 Å². The highest BCUT2D eigenvalue weighted by atomic mass is 35.5. The van der Waals surface area contributed by atoms with E-state index in [1.54, 1.807) is 24.5 Å². The number of hydrogen-bond acceptors (Lipinski definition) is 3. The van der Waals surface area contributed by atoms with Gasteiger partial charge in [-0.05, 0) is 29.8 Å². The summed E-state index contributed by atoms with van der Waals surface area (Å²) in [4.78, 5) is 15.4. The second kappa shape index (κ2) is 6.04. The standard InChI is InChI=1S/C13H9ClFNO2S/c14-11-6-16-4-3-8(11)7-19-9-1-2-12(15)10(5-9)13(17)18/h1-6H,7H2,(H,17,18). The van der Waals surface area contributed by atoms with Crippen LogP contribution in [0.5, 0.6) is 0 Å². The van der Waals surface area contributed by atoms with Crippen molar-refractivity contribution in [2.45, 2.75) is 10.6 Å². The Kier molecular flexibility index (Phi) is 4.39. The molecular formula is C13H9ClFNO2S. The first-order chi connectivity index (χ1) is 9.08. The van der Waals surface area contributed by atoms with Gasteiger partial charge in [0.25, 0.3) is 0 Å². The van der Waals surface area contributed by atoms with E-state index in [9.17, 15) is 9.18 Å². The predicted octanol–water partition coefficient (Wildman–Crippen LogP) is 3.86. The van der Waals surface area contributed by atoms with E-state index < -0.39 is 11.8 Å². The lowest BCUT2D eigenvalue weighted by Crippen LogP contribution is -2.00. The van der Waals surface area contributed by atoms with Crippen molar-refractivity contribution in [3.63, 3.8) is 0 Å². The maximum absolute atomic E-state index is 13.2. The van der Waals surface area contributed by atoms with E-state index in [2.05, 4.69) is 4.98 Å². The van der Waals surface area contributed by atoms with Gasteiger partial charge in [0, 0.05) is 23.0 Å². The number of nitrogens with zero attached hydrogens (tertiary/aromatic N) is 1. The lowest BCUT2D eigenvalue weighted by Gasteiger charge is -2.05. The number of carboxylic acid groups (broad SMARTS) is 1. The van der Waals surface area contributed by atoms with E-state index in [-0.39, 0.29) is 5.56 Å². The molecule has 0 spiro atoms. The van der Waals surface area contributed by atoms with Crippen LogP contribution in [-0.4, -0.2) is 16.1 Å². The molecule has 2 rings (SSSR count). The number of carboxylic acids is 1. The number of aromatic carboxylic acids is 1. The summed E-state index contributed by atoms with van der Waals surface area (Å²) in [5, 5.41) is 9.39. The van der Waals surface area contributed by atoms with Crippen molar-refractivity contribution in [2.24, 2.45) is 0 Å². The van der Waals surface area contributed by atoms with Gasteiger partial charge >= 0.3 is 5.97 Å². The van der Waals surface area contributed by atoms with Crippen LogP contribution in [0.1, 0.15) is 15.9 Å². The van der Waals surface area contributed by atoms with Gasteiger partial charge in [0.2, 0.25) is 0 Å². The monoisotopic (exact) mass is 297 g/mol. The smallest absolute Gasteiger partial charge is 0.338 e. The van der Waals surface area contributed by atoms with E-state index in [0.29, 0.717) is 15.7 Å². The Bertz CT molecular complexity index is 621. The molecule has 0 saturated carbocycles. The summed E-state index contributed by atoms with van der Waals surface area (Å²) in [6, 6.07) is 5.80. The van der Waals surface area contributed by atoms with Gasteiger partial charge in [-0.1, -0.05) is 11.6 Å². The Labute approximate surface area is 118 Å². The highest BCUT2D eigenvalue weighted by Crippen LogP contribution is 2.27. The second-order valence-electron chi connectivity index (χ2n) is 3.70. The molecule has 1 aromatic heterocycles. The number of pyridine rings is 1. The van der Waals surface area contributed by atoms with Gasteiger partial charge in [0.05, 0.1) is 10.6 Å². The normalized spacial score (nSPS) is 10.4. The van der Waals surface area contributed by atoms with Crippen molar-refractivity contribution in [3.05, 3.63) is 58.6 Å². The van der Waals surface area contributed by atoms with Crippen LogP contribution in [0.4, 0.5) is 4.39 Å². The van der Waals surface area contributed by atoms with E-state index in [1.165, 1.54) is 17.8 Å². The third kappa shape index (κ3) is 3.45. The Morgan fingerprint density at radius 1 is 1.42 bits per heavy atom. The minimum Gasteiger partial charge on any atom is -0.478 e. The molecular weight excluding hydrogens is 289 g/mol. The summed E-state index contributed by atoms with van der Waals surface area (Å²) in [5.41, 5.74) is 0.564. The zero-order chi connectivity index (χ0) is 13.8. The van der Waals surface area contributed by atoms with Crippen molar-refractivity contribution in [1.29, 1.82) is 0 Å². The Morgan fingerprint density at radius 3 is 2.89 bits per heavy atom. The molecule has 1 aromatic carbocycles. The van der Waals surface area contributed by atoms with E-state index in [4.69, 9.17) is 16.7 Å². The molecule has 6 heteroatoms. The van der Waals surface area contributed by atoms with Crippen molar-refractivity contribution in [1.82, 2.24) is 4.98 Å². The van der Waals surface area contributed by atoms with Gasteiger partial charge in [-0.25, -0.2) is 9.18 Å². The number of thioether (sulfide) groups is 1. The van der Waals surface area contributed by atoms with Crippen LogP contribution in [0.3, 0.4) is 0 Å². The Balaban J connectivity index is 2.14. The van der Waals surface area contributed by atoms with E-state index in [0.717, 1.165) is 11.6 Å². The number of carbonyl (C=O) groups is 1. The molecule has 19 heavy (non-hydrogen) atoms. The molecule has 0 fully saturated rings. The largest absolute Gasteiger partial charge is 0.478 e. The fourth-order valence-corrected chi connectivity index (χ4v) is 2.64. The van der Waals surface area contributed by atoms with Crippen LogP contribution in [0, 0.1) is 5.82 Å². The summed E-state index contributed by atoms with van der Waals surface area (Å²) in [6.45, 7) is 0. The summed E-state index contributed by atoms with van der Waals surface area (Å²) in [7, 11) is 0. The molecule has 1 heterocycles. The molecule has 2 aromatic rings. The molecule has 0 saturated heterocycles. The maximum atomic E-state index is 13.2. The van der Waals surface area contributed by atoms with Crippen LogP contribution in [0.2, 0.25) is 5.02 Å². The Morgan fingerprint density at radius 2 is 2.21 bits per heavy atom. The average Bonchev–Trinajstić information content (AvgIpc) is 2.39. The van der Waals surface area contributed by atoms with Gasteiger partial charge < -0.3 is 5.11 Å². The third-order valence-corrected chi connectivity index (χ3v) is 3.80. The molecule has 0 aliphatic heterocycles. The number of halogens is 2. The summed E-state index contributed by atoms with van der Waals surface area (Å²) >= 11 is 7.35.